The normalized spacial score (nSPS) is 10.3. The number of nitrogens with one attached hydrogen (secondary N) is 1. The highest BCUT2D eigenvalue weighted by Gasteiger charge is 2.13. The molecule has 0 aliphatic carbocycles. The van der Waals surface area contributed by atoms with Crippen molar-refractivity contribution >= 4 is 29.2 Å². The second kappa shape index (κ2) is 7.19. The van der Waals surface area contributed by atoms with E-state index in [0.717, 1.165) is 5.69 Å². The molecule has 1 amide bonds. The summed E-state index contributed by atoms with van der Waals surface area (Å²) in [5.41, 5.74) is 1.83. The first-order chi connectivity index (χ1) is 12.1. The van der Waals surface area contributed by atoms with Gasteiger partial charge in [-0.3, -0.25) is 4.79 Å². The molecule has 0 aliphatic heterocycles. The molecular formula is C18H14ClN3O3. The fourth-order valence-corrected chi connectivity index (χ4v) is 2.44. The van der Waals surface area contributed by atoms with Crippen LogP contribution in [0.3, 0.4) is 0 Å². The molecule has 0 fully saturated rings. The van der Waals surface area contributed by atoms with Crippen LogP contribution in [0.25, 0.3) is 5.69 Å². The number of esters is 1. The SMILES string of the molecule is COC(=O)c1ccc(Cl)c(NC(=O)c2cccc(-n3cccn3)c2)c1. The minimum atomic E-state index is -0.507. The molecule has 0 atom stereocenters. The van der Waals surface area contributed by atoms with E-state index in [0.29, 0.717) is 21.8 Å². The number of aromatic nitrogens is 2. The summed E-state index contributed by atoms with van der Waals surface area (Å²) < 4.78 is 6.33. The Hall–Kier alpha value is -3.12. The van der Waals surface area contributed by atoms with Gasteiger partial charge in [0.25, 0.3) is 5.91 Å². The van der Waals surface area contributed by atoms with Gasteiger partial charge in [-0.05, 0) is 42.5 Å². The molecule has 0 bridgehead atoms. The molecular weight excluding hydrogens is 342 g/mol. The Morgan fingerprint density at radius 1 is 1.12 bits per heavy atom. The maximum Gasteiger partial charge on any atom is 0.337 e. The molecule has 6 nitrogen and oxygen atoms in total. The van der Waals surface area contributed by atoms with Crippen LogP contribution < -0.4 is 5.32 Å². The van der Waals surface area contributed by atoms with Crippen molar-refractivity contribution in [2.75, 3.05) is 12.4 Å². The second-order valence-electron chi connectivity index (χ2n) is 5.14. The van der Waals surface area contributed by atoms with Crippen LogP contribution in [0.1, 0.15) is 20.7 Å². The molecule has 25 heavy (non-hydrogen) atoms. The van der Waals surface area contributed by atoms with Crippen LogP contribution in [0.5, 0.6) is 0 Å². The standard InChI is InChI=1S/C18H14ClN3O3/c1-25-18(24)13-6-7-15(19)16(11-13)21-17(23)12-4-2-5-14(10-12)22-9-3-8-20-22/h2-11H,1H3,(H,21,23). The summed E-state index contributed by atoms with van der Waals surface area (Å²) in [6.45, 7) is 0. The summed E-state index contributed by atoms with van der Waals surface area (Å²) in [5.74, 6) is -0.856. The van der Waals surface area contributed by atoms with Crippen molar-refractivity contribution in [3.8, 4) is 5.69 Å². The number of ether oxygens (including phenoxy) is 1. The van der Waals surface area contributed by atoms with Gasteiger partial charge in [0.05, 0.1) is 29.1 Å². The van der Waals surface area contributed by atoms with Crippen molar-refractivity contribution in [3.63, 3.8) is 0 Å². The fourth-order valence-electron chi connectivity index (χ4n) is 2.27. The maximum atomic E-state index is 12.5. The molecule has 1 heterocycles. The van der Waals surface area contributed by atoms with Gasteiger partial charge in [-0.1, -0.05) is 17.7 Å². The summed E-state index contributed by atoms with van der Waals surface area (Å²) in [6, 6.07) is 13.3. The third-order valence-electron chi connectivity index (χ3n) is 3.51. The number of benzene rings is 2. The molecule has 0 aliphatic rings. The molecule has 126 valence electrons. The number of carbonyl (C=O) groups is 2. The van der Waals surface area contributed by atoms with Crippen molar-refractivity contribution in [2.24, 2.45) is 0 Å². The van der Waals surface area contributed by atoms with E-state index in [-0.39, 0.29) is 5.91 Å². The highest BCUT2D eigenvalue weighted by atomic mass is 35.5. The minimum Gasteiger partial charge on any atom is -0.465 e. The van der Waals surface area contributed by atoms with Crippen molar-refractivity contribution in [1.29, 1.82) is 0 Å². The highest BCUT2D eigenvalue weighted by Crippen LogP contribution is 2.24. The van der Waals surface area contributed by atoms with E-state index in [4.69, 9.17) is 11.6 Å². The van der Waals surface area contributed by atoms with Crippen molar-refractivity contribution < 1.29 is 14.3 Å². The number of hydrogen-bond acceptors (Lipinski definition) is 4. The van der Waals surface area contributed by atoms with E-state index in [9.17, 15) is 9.59 Å². The Labute approximate surface area is 149 Å². The first kappa shape index (κ1) is 16.7. The van der Waals surface area contributed by atoms with Gasteiger partial charge in [-0.2, -0.15) is 5.10 Å². The lowest BCUT2D eigenvalue weighted by atomic mass is 10.1. The summed E-state index contributed by atoms with van der Waals surface area (Å²) >= 11 is 6.11. The molecule has 1 aromatic heterocycles. The van der Waals surface area contributed by atoms with Gasteiger partial charge >= 0.3 is 5.97 Å². The van der Waals surface area contributed by atoms with Crippen LogP contribution in [-0.4, -0.2) is 28.8 Å². The zero-order chi connectivity index (χ0) is 17.8. The van der Waals surface area contributed by atoms with E-state index in [1.165, 1.54) is 25.3 Å². The van der Waals surface area contributed by atoms with Gasteiger partial charge in [0, 0.05) is 18.0 Å². The van der Waals surface area contributed by atoms with Gasteiger partial charge in [0.15, 0.2) is 0 Å². The molecule has 2 aromatic carbocycles. The van der Waals surface area contributed by atoms with Gasteiger partial charge < -0.3 is 10.1 Å². The summed E-state index contributed by atoms with van der Waals surface area (Å²) in [5, 5.41) is 7.17. The molecule has 0 spiro atoms. The van der Waals surface area contributed by atoms with Gasteiger partial charge in [0.2, 0.25) is 0 Å². The molecule has 0 radical (unpaired) electrons. The number of methoxy groups -OCH3 is 1. The smallest absolute Gasteiger partial charge is 0.337 e. The Morgan fingerprint density at radius 3 is 2.68 bits per heavy atom. The molecule has 0 saturated carbocycles. The maximum absolute atomic E-state index is 12.5. The van der Waals surface area contributed by atoms with Crippen LogP contribution in [0, 0.1) is 0 Å². The number of amides is 1. The Bertz CT molecular complexity index is 923. The molecule has 7 heteroatoms. The molecule has 0 saturated heterocycles. The third kappa shape index (κ3) is 3.70. The molecule has 3 rings (SSSR count). The summed E-state index contributed by atoms with van der Waals surface area (Å²) in [4.78, 5) is 24.1. The number of hydrogen-bond donors (Lipinski definition) is 1. The Kier molecular flexibility index (Phi) is 4.81. The summed E-state index contributed by atoms with van der Waals surface area (Å²) in [7, 11) is 1.29. The van der Waals surface area contributed by atoms with Crippen molar-refractivity contribution in [3.05, 3.63) is 77.1 Å². The van der Waals surface area contributed by atoms with Crippen LogP contribution in [-0.2, 0) is 4.74 Å². The van der Waals surface area contributed by atoms with Gasteiger partial charge in [-0.15, -0.1) is 0 Å². The average Bonchev–Trinajstić information content (AvgIpc) is 3.17. The average molecular weight is 356 g/mol. The van der Waals surface area contributed by atoms with Gasteiger partial charge in [0.1, 0.15) is 0 Å². The Balaban J connectivity index is 1.85. The van der Waals surface area contributed by atoms with Gasteiger partial charge in [-0.25, -0.2) is 9.48 Å². The lowest BCUT2D eigenvalue weighted by molar-refractivity contribution is 0.0600. The third-order valence-corrected chi connectivity index (χ3v) is 3.84. The number of nitrogens with zero attached hydrogens (tertiary/aromatic N) is 2. The number of rotatable bonds is 4. The molecule has 1 N–H and O–H groups in total. The number of carbonyl (C=O) groups excluding carboxylic acids is 2. The molecule has 0 unspecified atom stereocenters. The predicted octanol–water partition coefficient (Wildman–Crippen LogP) is 3.56. The minimum absolute atomic E-state index is 0.299. The number of halogens is 1. The number of anilines is 1. The van der Waals surface area contributed by atoms with Crippen LogP contribution in [0.15, 0.2) is 60.9 Å². The van der Waals surface area contributed by atoms with Crippen molar-refractivity contribution in [2.45, 2.75) is 0 Å². The van der Waals surface area contributed by atoms with Crippen molar-refractivity contribution in [1.82, 2.24) is 9.78 Å². The highest BCUT2D eigenvalue weighted by molar-refractivity contribution is 6.34. The van der Waals surface area contributed by atoms with Crippen LogP contribution >= 0.6 is 11.6 Å². The largest absolute Gasteiger partial charge is 0.465 e. The van der Waals surface area contributed by atoms with Crippen LogP contribution in [0.4, 0.5) is 5.69 Å². The first-order valence-electron chi connectivity index (χ1n) is 7.38. The lowest BCUT2D eigenvalue weighted by Gasteiger charge is -2.10. The van der Waals surface area contributed by atoms with E-state index < -0.39 is 5.97 Å². The second-order valence-corrected chi connectivity index (χ2v) is 5.55. The molecule has 3 aromatic rings. The summed E-state index contributed by atoms with van der Waals surface area (Å²) in [6.07, 6.45) is 3.44. The fraction of sp³-hybridized carbons (Fsp3) is 0.0556. The van der Waals surface area contributed by atoms with E-state index in [1.807, 2.05) is 6.07 Å². The Morgan fingerprint density at radius 2 is 1.96 bits per heavy atom. The van der Waals surface area contributed by atoms with E-state index >= 15 is 0 Å². The monoisotopic (exact) mass is 355 g/mol. The van der Waals surface area contributed by atoms with E-state index in [1.54, 1.807) is 41.3 Å². The quantitative estimate of drug-likeness (QED) is 0.726. The predicted molar refractivity (Wildman–Crippen MR) is 94.3 cm³/mol. The zero-order valence-corrected chi connectivity index (χ0v) is 14.0. The van der Waals surface area contributed by atoms with Crippen LogP contribution in [0.2, 0.25) is 5.02 Å². The zero-order valence-electron chi connectivity index (χ0n) is 13.3. The first-order valence-corrected chi connectivity index (χ1v) is 7.75. The van der Waals surface area contributed by atoms with E-state index in [2.05, 4.69) is 15.2 Å². The lowest BCUT2D eigenvalue weighted by Crippen LogP contribution is -2.13. The topological polar surface area (TPSA) is 73.2 Å².